The Balaban J connectivity index is 2.10. The van der Waals surface area contributed by atoms with Crippen molar-refractivity contribution in [1.82, 2.24) is 14.8 Å². The summed E-state index contributed by atoms with van der Waals surface area (Å²) in [5.74, 6) is 0.979. The van der Waals surface area contributed by atoms with Crippen molar-refractivity contribution in [2.45, 2.75) is 19.9 Å². The highest BCUT2D eigenvalue weighted by atomic mass is 16.5. The first kappa shape index (κ1) is 11.8. The first-order valence-electron chi connectivity index (χ1n) is 5.71. The van der Waals surface area contributed by atoms with Crippen molar-refractivity contribution in [1.29, 1.82) is 0 Å². The van der Waals surface area contributed by atoms with Crippen molar-refractivity contribution in [2.75, 3.05) is 13.7 Å². The van der Waals surface area contributed by atoms with Crippen LogP contribution in [0.5, 0.6) is 0 Å². The van der Waals surface area contributed by atoms with Gasteiger partial charge in [0.05, 0.1) is 6.61 Å². The molecule has 1 aromatic heterocycles. The zero-order chi connectivity index (χ0) is 12.1. The lowest BCUT2D eigenvalue weighted by Gasteiger charge is -2.06. The Bertz CT molecular complexity index is 479. The molecule has 0 bridgehead atoms. The minimum absolute atomic E-state index is 0.679. The van der Waals surface area contributed by atoms with Crippen molar-refractivity contribution >= 4 is 0 Å². The van der Waals surface area contributed by atoms with Gasteiger partial charge in [0, 0.05) is 20.1 Å². The van der Waals surface area contributed by atoms with Crippen LogP contribution in [0.25, 0.3) is 0 Å². The minimum atomic E-state index is 0.679. The summed E-state index contributed by atoms with van der Waals surface area (Å²) in [5.41, 5.74) is 2.53. The topological polar surface area (TPSA) is 39.9 Å². The van der Waals surface area contributed by atoms with Gasteiger partial charge in [-0.3, -0.25) is 0 Å². The summed E-state index contributed by atoms with van der Waals surface area (Å²) < 4.78 is 7.10. The third-order valence-corrected chi connectivity index (χ3v) is 2.68. The molecule has 0 radical (unpaired) electrons. The number of hydrogen-bond donors (Lipinski definition) is 0. The van der Waals surface area contributed by atoms with E-state index in [-0.39, 0.29) is 0 Å². The maximum Gasteiger partial charge on any atom is 0.137 e. The van der Waals surface area contributed by atoms with Crippen LogP contribution < -0.4 is 0 Å². The third kappa shape index (κ3) is 3.14. The Morgan fingerprint density at radius 1 is 1.35 bits per heavy atom. The van der Waals surface area contributed by atoms with Crippen LogP contribution in [0.4, 0.5) is 0 Å². The van der Waals surface area contributed by atoms with Crippen LogP contribution in [0.2, 0.25) is 0 Å². The van der Waals surface area contributed by atoms with Gasteiger partial charge in [-0.2, -0.15) is 0 Å². The minimum Gasteiger partial charge on any atom is -0.383 e. The maximum atomic E-state index is 5.06. The molecular formula is C13H17N3O. The number of hydrogen-bond acceptors (Lipinski definition) is 3. The molecule has 0 fully saturated rings. The largest absolute Gasteiger partial charge is 0.383 e. The summed E-state index contributed by atoms with van der Waals surface area (Å²) in [6, 6.07) is 8.46. The number of aromatic nitrogens is 3. The van der Waals surface area contributed by atoms with Crippen LogP contribution >= 0.6 is 0 Å². The Kier molecular flexibility index (Phi) is 3.88. The molecule has 2 aromatic rings. The quantitative estimate of drug-likeness (QED) is 0.788. The molecule has 1 aromatic carbocycles. The number of nitrogens with zero attached hydrogens (tertiary/aromatic N) is 3. The SMILES string of the molecule is COCCn1cnnc1Cc1cccc(C)c1. The van der Waals surface area contributed by atoms with Crippen LogP contribution in [0.15, 0.2) is 30.6 Å². The summed E-state index contributed by atoms with van der Waals surface area (Å²) >= 11 is 0. The van der Waals surface area contributed by atoms with Gasteiger partial charge < -0.3 is 9.30 Å². The van der Waals surface area contributed by atoms with Gasteiger partial charge in [0.1, 0.15) is 12.2 Å². The highest BCUT2D eigenvalue weighted by Crippen LogP contribution is 2.09. The van der Waals surface area contributed by atoms with Gasteiger partial charge in [-0.25, -0.2) is 0 Å². The van der Waals surface area contributed by atoms with Crippen LogP contribution in [0.3, 0.4) is 0 Å². The lowest BCUT2D eigenvalue weighted by atomic mass is 10.1. The van der Waals surface area contributed by atoms with Crippen molar-refractivity contribution in [3.8, 4) is 0 Å². The fourth-order valence-corrected chi connectivity index (χ4v) is 1.80. The smallest absolute Gasteiger partial charge is 0.137 e. The molecule has 0 saturated carbocycles. The zero-order valence-corrected chi connectivity index (χ0v) is 10.3. The van der Waals surface area contributed by atoms with Gasteiger partial charge in [0.15, 0.2) is 0 Å². The lowest BCUT2D eigenvalue weighted by molar-refractivity contribution is 0.186. The second-order valence-corrected chi connectivity index (χ2v) is 4.10. The summed E-state index contributed by atoms with van der Waals surface area (Å²) in [6.07, 6.45) is 2.57. The molecule has 0 amide bonds. The monoisotopic (exact) mass is 231 g/mol. The van der Waals surface area contributed by atoms with Gasteiger partial charge in [-0.05, 0) is 12.5 Å². The van der Waals surface area contributed by atoms with E-state index in [1.165, 1.54) is 11.1 Å². The fourth-order valence-electron chi connectivity index (χ4n) is 1.80. The van der Waals surface area contributed by atoms with E-state index in [1.54, 1.807) is 13.4 Å². The predicted octanol–water partition coefficient (Wildman–Crippen LogP) is 1.82. The summed E-state index contributed by atoms with van der Waals surface area (Å²) in [5, 5.41) is 8.10. The predicted molar refractivity (Wildman–Crippen MR) is 65.9 cm³/mol. The molecule has 0 aliphatic carbocycles. The van der Waals surface area contributed by atoms with Crippen molar-refractivity contribution < 1.29 is 4.74 Å². The van der Waals surface area contributed by atoms with E-state index in [4.69, 9.17) is 4.74 Å². The molecule has 2 rings (SSSR count). The van der Waals surface area contributed by atoms with Crippen LogP contribution in [0, 0.1) is 6.92 Å². The van der Waals surface area contributed by atoms with Crippen molar-refractivity contribution in [3.05, 3.63) is 47.5 Å². The average Bonchev–Trinajstić information content (AvgIpc) is 2.74. The molecule has 17 heavy (non-hydrogen) atoms. The summed E-state index contributed by atoms with van der Waals surface area (Å²) in [7, 11) is 1.70. The number of aryl methyl sites for hydroxylation is 1. The molecule has 0 aliphatic rings. The molecule has 0 unspecified atom stereocenters. The first-order valence-corrected chi connectivity index (χ1v) is 5.71. The molecule has 0 atom stereocenters. The van der Waals surface area contributed by atoms with E-state index < -0.39 is 0 Å². The maximum absolute atomic E-state index is 5.06. The standard InChI is InChI=1S/C13H17N3O/c1-11-4-3-5-12(8-11)9-13-15-14-10-16(13)6-7-17-2/h3-5,8,10H,6-7,9H2,1-2H3. The zero-order valence-electron chi connectivity index (χ0n) is 10.3. The van der Waals surface area contributed by atoms with Crippen molar-refractivity contribution in [2.24, 2.45) is 0 Å². The van der Waals surface area contributed by atoms with Gasteiger partial charge in [-0.15, -0.1) is 10.2 Å². The highest BCUT2D eigenvalue weighted by molar-refractivity contribution is 5.24. The number of rotatable bonds is 5. The van der Waals surface area contributed by atoms with Gasteiger partial charge in [-0.1, -0.05) is 29.8 Å². The lowest BCUT2D eigenvalue weighted by Crippen LogP contribution is -2.08. The van der Waals surface area contributed by atoms with Crippen LogP contribution in [0.1, 0.15) is 17.0 Å². The second kappa shape index (κ2) is 5.59. The number of benzene rings is 1. The molecular weight excluding hydrogens is 214 g/mol. The Hall–Kier alpha value is -1.68. The molecule has 1 heterocycles. The molecule has 4 heteroatoms. The molecule has 0 spiro atoms. The number of ether oxygens (including phenoxy) is 1. The Labute approximate surface area is 101 Å². The fraction of sp³-hybridized carbons (Fsp3) is 0.385. The molecule has 0 aliphatic heterocycles. The Morgan fingerprint density at radius 3 is 3.00 bits per heavy atom. The van der Waals surface area contributed by atoms with Gasteiger partial charge in [0.2, 0.25) is 0 Å². The molecule has 0 saturated heterocycles. The van der Waals surface area contributed by atoms with Crippen LogP contribution in [-0.2, 0) is 17.7 Å². The van der Waals surface area contributed by atoms with Crippen LogP contribution in [-0.4, -0.2) is 28.5 Å². The van der Waals surface area contributed by atoms with E-state index in [0.717, 1.165) is 18.8 Å². The van der Waals surface area contributed by atoms with Crippen molar-refractivity contribution in [3.63, 3.8) is 0 Å². The normalized spacial score (nSPS) is 10.7. The van der Waals surface area contributed by atoms with Gasteiger partial charge in [0.25, 0.3) is 0 Å². The van der Waals surface area contributed by atoms with E-state index >= 15 is 0 Å². The van der Waals surface area contributed by atoms with Gasteiger partial charge >= 0.3 is 0 Å². The first-order chi connectivity index (χ1) is 8.29. The highest BCUT2D eigenvalue weighted by Gasteiger charge is 2.05. The second-order valence-electron chi connectivity index (χ2n) is 4.10. The van der Waals surface area contributed by atoms with E-state index in [2.05, 4.69) is 41.4 Å². The molecule has 4 nitrogen and oxygen atoms in total. The molecule has 0 N–H and O–H groups in total. The third-order valence-electron chi connectivity index (χ3n) is 2.68. The van der Waals surface area contributed by atoms with E-state index in [1.807, 2.05) is 4.57 Å². The summed E-state index contributed by atoms with van der Waals surface area (Å²) in [4.78, 5) is 0. The van der Waals surface area contributed by atoms with E-state index in [9.17, 15) is 0 Å². The average molecular weight is 231 g/mol. The van der Waals surface area contributed by atoms with E-state index in [0.29, 0.717) is 6.61 Å². The Morgan fingerprint density at radius 2 is 2.24 bits per heavy atom. The number of methoxy groups -OCH3 is 1. The molecule has 90 valence electrons. The summed E-state index contributed by atoms with van der Waals surface area (Å²) in [6.45, 7) is 3.57.